The summed E-state index contributed by atoms with van der Waals surface area (Å²) in [5.41, 5.74) is 0.491. The minimum absolute atomic E-state index is 0.0642. The Morgan fingerprint density at radius 3 is 2.94 bits per heavy atom. The van der Waals surface area contributed by atoms with Crippen molar-refractivity contribution in [3.63, 3.8) is 0 Å². The molecule has 1 fully saturated rings. The van der Waals surface area contributed by atoms with E-state index >= 15 is 0 Å². The molecule has 0 spiro atoms. The fourth-order valence-electron chi connectivity index (χ4n) is 1.96. The highest BCUT2D eigenvalue weighted by Crippen LogP contribution is 2.33. The highest BCUT2D eigenvalue weighted by atomic mass is 16.2. The van der Waals surface area contributed by atoms with E-state index in [0.717, 1.165) is 25.2 Å². The number of nitrogens with one attached hydrogen (secondary N) is 2. The summed E-state index contributed by atoms with van der Waals surface area (Å²) in [6, 6.07) is 5.83. The van der Waals surface area contributed by atoms with Crippen molar-refractivity contribution in [3.05, 3.63) is 23.9 Å². The molecule has 4 heteroatoms. The van der Waals surface area contributed by atoms with Crippen molar-refractivity contribution < 1.29 is 4.79 Å². The van der Waals surface area contributed by atoms with E-state index < -0.39 is 0 Å². The summed E-state index contributed by atoms with van der Waals surface area (Å²) in [5.74, 6) is 1.35. The van der Waals surface area contributed by atoms with Gasteiger partial charge >= 0.3 is 0 Å². The molecule has 2 atom stereocenters. The number of carbonyl (C=O) groups is 1. The Bertz CT molecular complexity index is 405. The Morgan fingerprint density at radius 1 is 1.47 bits per heavy atom. The van der Waals surface area contributed by atoms with Gasteiger partial charge in [-0.15, -0.1) is 0 Å². The van der Waals surface area contributed by atoms with E-state index in [9.17, 15) is 4.79 Å². The molecular formula is C13H19N3O. The van der Waals surface area contributed by atoms with Gasteiger partial charge in [0.1, 0.15) is 11.5 Å². The van der Waals surface area contributed by atoms with Gasteiger partial charge in [-0.3, -0.25) is 4.79 Å². The molecule has 2 rings (SSSR count). The Balaban J connectivity index is 1.96. The molecular weight excluding hydrogens is 214 g/mol. The third kappa shape index (κ3) is 2.96. The lowest BCUT2D eigenvalue weighted by Gasteiger charge is -2.06. The largest absolute Gasteiger partial charge is 0.370 e. The van der Waals surface area contributed by atoms with Gasteiger partial charge in [0.15, 0.2) is 0 Å². The minimum Gasteiger partial charge on any atom is -0.370 e. The first kappa shape index (κ1) is 11.9. The molecule has 1 aromatic rings. The summed E-state index contributed by atoms with van der Waals surface area (Å²) >= 11 is 0. The summed E-state index contributed by atoms with van der Waals surface area (Å²) in [5, 5.41) is 6.11. The van der Waals surface area contributed by atoms with Gasteiger partial charge in [-0.1, -0.05) is 19.4 Å². The number of hydrogen-bond donors (Lipinski definition) is 2. The molecule has 0 aromatic carbocycles. The molecule has 1 amide bonds. The fraction of sp³-hybridized carbons (Fsp3) is 0.538. The Labute approximate surface area is 102 Å². The number of nitrogens with zero attached hydrogens (tertiary/aromatic N) is 1. The molecule has 17 heavy (non-hydrogen) atoms. The Hall–Kier alpha value is -1.58. The lowest BCUT2D eigenvalue weighted by Crippen LogP contribution is -2.27. The summed E-state index contributed by atoms with van der Waals surface area (Å²) < 4.78 is 0. The molecule has 0 aliphatic heterocycles. The van der Waals surface area contributed by atoms with Crippen LogP contribution in [0.15, 0.2) is 18.2 Å². The first-order chi connectivity index (χ1) is 8.24. The lowest BCUT2D eigenvalue weighted by atomic mass is 10.3. The average Bonchev–Trinajstić information content (AvgIpc) is 3.08. The Kier molecular flexibility index (Phi) is 3.61. The third-order valence-electron chi connectivity index (χ3n) is 3.10. The molecule has 2 unspecified atom stereocenters. The van der Waals surface area contributed by atoms with Crippen molar-refractivity contribution in [3.8, 4) is 0 Å². The van der Waals surface area contributed by atoms with E-state index in [1.54, 1.807) is 6.07 Å². The van der Waals surface area contributed by atoms with Crippen LogP contribution in [0.1, 0.15) is 37.2 Å². The number of aromatic nitrogens is 1. The van der Waals surface area contributed by atoms with E-state index in [1.807, 2.05) is 19.1 Å². The van der Waals surface area contributed by atoms with Crippen LogP contribution in [0.3, 0.4) is 0 Å². The van der Waals surface area contributed by atoms with Crippen LogP contribution in [0.25, 0.3) is 0 Å². The zero-order chi connectivity index (χ0) is 12.3. The van der Waals surface area contributed by atoms with E-state index in [1.165, 1.54) is 0 Å². The second kappa shape index (κ2) is 5.17. The molecule has 0 saturated heterocycles. The monoisotopic (exact) mass is 233 g/mol. The average molecular weight is 233 g/mol. The predicted octanol–water partition coefficient (Wildman–Crippen LogP) is 2.04. The summed E-state index contributed by atoms with van der Waals surface area (Å²) in [4.78, 5) is 16.2. The number of anilines is 1. The Morgan fingerprint density at radius 2 is 2.29 bits per heavy atom. The van der Waals surface area contributed by atoms with Crippen LogP contribution in [-0.2, 0) is 0 Å². The van der Waals surface area contributed by atoms with Crippen molar-refractivity contribution in [2.24, 2.45) is 5.92 Å². The maximum Gasteiger partial charge on any atom is 0.270 e. The summed E-state index contributed by atoms with van der Waals surface area (Å²) in [6.07, 6.45) is 2.24. The molecule has 0 radical (unpaired) electrons. The van der Waals surface area contributed by atoms with Crippen LogP contribution in [0.5, 0.6) is 0 Å². The number of rotatable bonds is 5. The standard InChI is InChI=1S/C13H19N3O/c1-3-9-8-11(9)16-13(17)10-6-5-7-12(15-10)14-4-2/h5-7,9,11H,3-4,8H2,1-2H3,(H,14,15)(H,16,17). The molecule has 2 N–H and O–H groups in total. The van der Waals surface area contributed by atoms with E-state index in [0.29, 0.717) is 17.7 Å². The first-order valence-corrected chi connectivity index (χ1v) is 6.26. The zero-order valence-corrected chi connectivity index (χ0v) is 10.4. The molecule has 1 aromatic heterocycles. The van der Waals surface area contributed by atoms with Crippen molar-refractivity contribution in [1.82, 2.24) is 10.3 Å². The quantitative estimate of drug-likeness (QED) is 0.818. The first-order valence-electron chi connectivity index (χ1n) is 6.26. The van der Waals surface area contributed by atoms with Gasteiger partial charge < -0.3 is 10.6 Å². The highest BCUT2D eigenvalue weighted by Gasteiger charge is 2.36. The molecule has 1 aliphatic rings. The van der Waals surface area contributed by atoms with Crippen LogP contribution >= 0.6 is 0 Å². The lowest BCUT2D eigenvalue weighted by molar-refractivity contribution is 0.0944. The fourth-order valence-corrected chi connectivity index (χ4v) is 1.96. The molecule has 1 saturated carbocycles. The molecule has 0 bridgehead atoms. The van der Waals surface area contributed by atoms with E-state index in [2.05, 4.69) is 22.5 Å². The molecule has 4 nitrogen and oxygen atoms in total. The number of hydrogen-bond acceptors (Lipinski definition) is 3. The van der Waals surface area contributed by atoms with Crippen LogP contribution in [0, 0.1) is 5.92 Å². The summed E-state index contributed by atoms with van der Waals surface area (Å²) in [6.45, 7) is 4.96. The summed E-state index contributed by atoms with van der Waals surface area (Å²) in [7, 11) is 0. The highest BCUT2D eigenvalue weighted by molar-refractivity contribution is 5.93. The zero-order valence-electron chi connectivity index (χ0n) is 10.4. The SMILES string of the molecule is CCNc1cccc(C(=O)NC2CC2CC)n1. The maximum atomic E-state index is 11.9. The van der Waals surface area contributed by atoms with Gasteiger partial charge in [-0.25, -0.2) is 4.98 Å². The van der Waals surface area contributed by atoms with Crippen molar-refractivity contribution >= 4 is 11.7 Å². The van der Waals surface area contributed by atoms with Gasteiger partial charge in [0.2, 0.25) is 0 Å². The van der Waals surface area contributed by atoms with E-state index in [4.69, 9.17) is 0 Å². The van der Waals surface area contributed by atoms with Gasteiger partial charge in [0.05, 0.1) is 0 Å². The number of pyridine rings is 1. The predicted molar refractivity (Wildman–Crippen MR) is 68.1 cm³/mol. The number of carbonyl (C=O) groups excluding carboxylic acids is 1. The van der Waals surface area contributed by atoms with Gasteiger partial charge in [-0.05, 0) is 31.4 Å². The van der Waals surface area contributed by atoms with Crippen molar-refractivity contribution in [2.75, 3.05) is 11.9 Å². The van der Waals surface area contributed by atoms with Crippen molar-refractivity contribution in [2.45, 2.75) is 32.7 Å². The normalized spacial score (nSPS) is 22.0. The molecule has 1 heterocycles. The molecule has 1 aliphatic carbocycles. The second-order valence-electron chi connectivity index (χ2n) is 4.42. The smallest absolute Gasteiger partial charge is 0.270 e. The second-order valence-corrected chi connectivity index (χ2v) is 4.42. The van der Waals surface area contributed by atoms with Crippen LogP contribution < -0.4 is 10.6 Å². The van der Waals surface area contributed by atoms with Gasteiger partial charge in [0.25, 0.3) is 5.91 Å². The topological polar surface area (TPSA) is 54.0 Å². The van der Waals surface area contributed by atoms with Crippen LogP contribution in [-0.4, -0.2) is 23.5 Å². The minimum atomic E-state index is -0.0642. The van der Waals surface area contributed by atoms with Gasteiger partial charge in [-0.2, -0.15) is 0 Å². The van der Waals surface area contributed by atoms with Gasteiger partial charge in [0, 0.05) is 12.6 Å². The third-order valence-corrected chi connectivity index (χ3v) is 3.10. The van der Waals surface area contributed by atoms with Crippen LogP contribution in [0.4, 0.5) is 5.82 Å². The van der Waals surface area contributed by atoms with Crippen LogP contribution in [0.2, 0.25) is 0 Å². The number of amides is 1. The van der Waals surface area contributed by atoms with E-state index in [-0.39, 0.29) is 5.91 Å². The molecule has 92 valence electrons. The maximum absolute atomic E-state index is 11.9. The van der Waals surface area contributed by atoms with Crippen molar-refractivity contribution in [1.29, 1.82) is 0 Å².